The highest BCUT2D eigenvalue weighted by Crippen LogP contribution is 2.34. The summed E-state index contributed by atoms with van der Waals surface area (Å²) in [5.41, 5.74) is 2.29. The molecule has 1 unspecified atom stereocenters. The first-order valence-corrected chi connectivity index (χ1v) is 9.89. The highest BCUT2D eigenvalue weighted by atomic mass is 16.5. The first kappa shape index (κ1) is 19.6. The van der Waals surface area contributed by atoms with Crippen molar-refractivity contribution in [1.29, 1.82) is 0 Å². The molecule has 3 aromatic carbocycles. The number of carbonyl (C=O) groups is 1. The van der Waals surface area contributed by atoms with E-state index in [-0.39, 0.29) is 5.91 Å². The van der Waals surface area contributed by atoms with Gasteiger partial charge in [-0.15, -0.1) is 0 Å². The van der Waals surface area contributed by atoms with Crippen molar-refractivity contribution in [2.75, 3.05) is 31.0 Å². The third-order valence-electron chi connectivity index (χ3n) is 4.79. The van der Waals surface area contributed by atoms with Gasteiger partial charge in [-0.05, 0) is 29.8 Å². The van der Waals surface area contributed by atoms with Gasteiger partial charge in [0.2, 0.25) is 0 Å². The van der Waals surface area contributed by atoms with E-state index in [1.165, 1.54) is 0 Å². The fourth-order valence-electron chi connectivity index (χ4n) is 3.28. The topological polar surface area (TPSA) is 68.8 Å². The minimum absolute atomic E-state index is 0.179. The zero-order chi connectivity index (χ0) is 20.8. The normalized spacial score (nSPS) is 13.6. The largest absolute Gasteiger partial charge is 0.497 e. The van der Waals surface area contributed by atoms with E-state index < -0.39 is 6.04 Å². The molecule has 30 heavy (non-hydrogen) atoms. The van der Waals surface area contributed by atoms with E-state index >= 15 is 0 Å². The van der Waals surface area contributed by atoms with Crippen LogP contribution in [0.2, 0.25) is 0 Å². The molecule has 1 aliphatic heterocycles. The lowest BCUT2D eigenvalue weighted by atomic mass is 10.1. The van der Waals surface area contributed by atoms with Gasteiger partial charge in [-0.25, -0.2) is 0 Å². The molecule has 0 bridgehead atoms. The Bertz CT molecular complexity index is 1010. The summed E-state index contributed by atoms with van der Waals surface area (Å²) in [6.07, 6.45) is 0.840. The van der Waals surface area contributed by atoms with Crippen molar-refractivity contribution in [3.8, 4) is 17.2 Å². The maximum atomic E-state index is 13.2. The summed E-state index contributed by atoms with van der Waals surface area (Å²) in [4.78, 5) is 13.2. The molecule has 0 aliphatic carbocycles. The van der Waals surface area contributed by atoms with Gasteiger partial charge in [0.05, 0.1) is 20.3 Å². The van der Waals surface area contributed by atoms with Crippen LogP contribution in [0.5, 0.6) is 17.2 Å². The Hall–Kier alpha value is -3.67. The first-order chi connectivity index (χ1) is 14.7. The van der Waals surface area contributed by atoms with Gasteiger partial charge in [0, 0.05) is 29.9 Å². The van der Waals surface area contributed by atoms with Crippen LogP contribution in [-0.2, 0) is 4.79 Å². The maximum absolute atomic E-state index is 13.2. The monoisotopic (exact) mass is 404 g/mol. The lowest BCUT2D eigenvalue weighted by Crippen LogP contribution is -2.27. The van der Waals surface area contributed by atoms with E-state index in [0.717, 1.165) is 23.4 Å². The number of hydrogen-bond acceptors (Lipinski definition) is 5. The Morgan fingerprint density at radius 1 is 0.900 bits per heavy atom. The van der Waals surface area contributed by atoms with E-state index in [2.05, 4.69) is 10.6 Å². The second kappa shape index (κ2) is 9.22. The molecule has 0 saturated heterocycles. The van der Waals surface area contributed by atoms with Crippen molar-refractivity contribution < 1.29 is 19.0 Å². The van der Waals surface area contributed by atoms with Gasteiger partial charge in [0.25, 0.3) is 5.91 Å². The number of ether oxygens (including phenoxy) is 3. The highest BCUT2D eigenvalue weighted by Gasteiger charge is 2.22. The summed E-state index contributed by atoms with van der Waals surface area (Å²) in [5.74, 6) is 1.90. The van der Waals surface area contributed by atoms with Gasteiger partial charge in [-0.1, -0.05) is 36.4 Å². The fourth-order valence-corrected chi connectivity index (χ4v) is 3.28. The molecule has 1 heterocycles. The van der Waals surface area contributed by atoms with Crippen molar-refractivity contribution in [2.24, 2.45) is 0 Å². The summed E-state index contributed by atoms with van der Waals surface area (Å²) in [7, 11) is 1.60. The summed E-state index contributed by atoms with van der Waals surface area (Å²) in [6.45, 7) is 1.24. The molecule has 4 rings (SSSR count). The first-order valence-electron chi connectivity index (χ1n) is 9.89. The molecule has 0 saturated carbocycles. The summed E-state index contributed by atoms with van der Waals surface area (Å²) in [5, 5.41) is 6.31. The Morgan fingerprint density at radius 2 is 1.70 bits per heavy atom. The highest BCUT2D eigenvalue weighted by molar-refractivity contribution is 5.97. The number of methoxy groups -OCH3 is 1. The standard InChI is InChI=1S/C24H24N2O4/c1-28-20-10-5-9-18(15-20)26-24(27)23(17-7-3-2-4-8-17)25-19-11-12-21-22(16-19)30-14-6-13-29-21/h2-5,7-12,15-16,23,25H,6,13-14H2,1H3,(H,26,27). The zero-order valence-electron chi connectivity index (χ0n) is 16.8. The summed E-state index contributed by atoms with van der Waals surface area (Å²) in [6, 6.07) is 21.9. The van der Waals surface area contributed by atoms with Crippen LogP contribution in [0, 0.1) is 0 Å². The van der Waals surface area contributed by atoms with E-state index in [1.807, 2.05) is 66.7 Å². The fraction of sp³-hybridized carbons (Fsp3) is 0.208. The predicted molar refractivity (Wildman–Crippen MR) is 116 cm³/mol. The lowest BCUT2D eigenvalue weighted by molar-refractivity contribution is -0.117. The van der Waals surface area contributed by atoms with Crippen LogP contribution in [0.25, 0.3) is 0 Å². The van der Waals surface area contributed by atoms with Crippen LogP contribution in [0.3, 0.4) is 0 Å². The number of nitrogens with one attached hydrogen (secondary N) is 2. The molecular weight excluding hydrogens is 380 g/mol. The Labute approximate surface area is 175 Å². The minimum atomic E-state index is -0.595. The second-order valence-corrected chi connectivity index (χ2v) is 6.92. The molecule has 0 aromatic heterocycles. The van der Waals surface area contributed by atoms with Crippen LogP contribution < -0.4 is 24.8 Å². The van der Waals surface area contributed by atoms with Crippen LogP contribution >= 0.6 is 0 Å². The number of anilines is 2. The van der Waals surface area contributed by atoms with Crippen molar-refractivity contribution in [3.05, 3.63) is 78.4 Å². The van der Waals surface area contributed by atoms with E-state index in [9.17, 15) is 4.79 Å². The van der Waals surface area contributed by atoms with Crippen molar-refractivity contribution >= 4 is 17.3 Å². The third kappa shape index (κ3) is 4.66. The van der Waals surface area contributed by atoms with Gasteiger partial charge < -0.3 is 24.8 Å². The van der Waals surface area contributed by atoms with Crippen molar-refractivity contribution in [2.45, 2.75) is 12.5 Å². The molecule has 1 atom stereocenters. The average Bonchev–Trinajstić information content (AvgIpc) is 3.03. The number of hydrogen-bond donors (Lipinski definition) is 2. The van der Waals surface area contributed by atoms with Crippen molar-refractivity contribution in [3.63, 3.8) is 0 Å². The smallest absolute Gasteiger partial charge is 0.251 e. The van der Waals surface area contributed by atoms with Crippen LogP contribution in [0.1, 0.15) is 18.0 Å². The molecule has 2 N–H and O–H groups in total. The Kier molecular flexibility index (Phi) is 6.03. The molecule has 0 spiro atoms. The van der Waals surface area contributed by atoms with Gasteiger partial charge in [-0.2, -0.15) is 0 Å². The van der Waals surface area contributed by atoms with Gasteiger partial charge in [-0.3, -0.25) is 4.79 Å². The minimum Gasteiger partial charge on any atom is -0.497 e. The van der Waals surface area contributed by atoms with Gasteiger partial charge in [0.1, 0.15) is 11.8 Å². The van der Waals surface area contributed by atoms with Crippen LogP contribution in [0.15, 0.2) is 72.8 Å². The molecule has 6 heteroatoms. The number of carbonyl (C=O) groups excluding carboxylic acids is 1. The van der Waals surface area contributed by atoms with E-state index in [1.54, 1.807) is 13.2 Å². The van der Waals surface area contributed by atoms with E-state index in [4.69, 9.17) is 14.2 Å². The number of fused-ring (bicyclic) bond motifs is 1. The Balaban J connectivity index is 1.59. The lowest BCUT2D eigenvalue weighted by Gasteiger charge is -2.21. The van der Waals surface area contributed by atoms with Crippen LogP contribution in [-0.4, -0.2) is 26.2 Å². The molecule has 0 fully saturated rings. The number of amides is 1. The quantitative estimate of drug-likeness (QED) is 0.626. The molecule has 3 aromatic rings. The Morgan fingerprint density at radius 3 is 2.50 bits per heavy atom. The predicted octanol–water partition coefficient (Wildman–Crippen LogP) is 4.65. The second-order valence-electron chi connectivity index (χ2n) is 6.92. The summed E-state index contributed by atoms with van der Waals surface area (Å²) >= 11 is 0. The van der Waals surface area contributed by atoms with Gasteiger partial charge in [0.15, 0.2) is 11.5 Å². The SMILES string of the molecule is COc1cccc(NC(=O)C(Nc2ccc3c(c2)OCCCO3)c2ccccc2)c1. The molecule has 6 nitrogen and oxygen atoms in total. The summed E-state index contributed by atoms with van der Waals surface area (Å²) < 4.78 is 16.7. The molecule has 0 radical (unpaired) electrons. The number of rotatable bonds is 6. The molecule has 154 valence electrons. The van der Waals surface area contributed by atoms with Gasteiger partial charge >= 0.3 is 0 Å². The maximum Gasteiger partial charge on any atom is 0.251 e. The number of benzene rings is 3. The van der Waals surface area contributed by atoms with Crippen molar-refractivity contribution in [1.82, 2.24) is 0 Å². The zero-order valence-corrected chi connectivity index (χ0v) is 16.8. The van der Waals surface area contributed by atoms with E-state index in [0.29, 0.717) is 30.4 Å². The average molecular weight is 404 g/mol. The van der Waals surface area contributed by atoms with Crippen LogP contribution in [0.4, 0.5) is 11.4 Å². The molecule has 1 amide bonds. The molecule has 1 aliphatic rings. The molecular formula is C24H24N2O4. The third-order valence-corrected chi connectivity index (χ3v) is 4.79.